The molecule has 0 saturated carbocycles. The van der Waals surface area contributed by atoms with Crippen LogP contribution in [0.15, 0.2) is 12.1 Å². The lowest BCUT2D eigenvalue weighted by molar-refractivity contribution is 0.0477. The van der Waals surface area contributed by atoms with E-state index >= 15 is 0 Å². The molecule has 0 N–H and O–H groups in total. The predicted molar refractivity (Wildman–Crippen MR) is 96.4 cm³/mol. The van der Waals surface area contributed by atoms with Crippen LogP contribution in [0, 0.1) is 0 Å². The Morgan fingerprint density at radius 1 is 0.917 bits per heavy atom. The van der Waals surface area contributed by atoms with Gasteiger partial charge in [0.05, 0.1) is 24.3 Å². The topological polar surface area (TPSA) is 52.6 Å². The first kappa shape index (κ1) is 20.8. The van der Waals surface area contributed by atoms with Crippen molar-refractivity contribution in [2.24, 2.45) is 0 Å². The van der Waals surface area contributed by atoms with E-state index in [0.29, 0.717) is 24.6 Å². The zero-order chi connectivity index (χ0) is 17.9. The average Bonchev–Trinajstić information content (AvgIpc) is 2.57. The van der Waals surface area contributed by atoms with E-state index in [0.717, 1.165) is 24.0 Å². The monoisotopic (exact) mass is 374 g/mol. The van der Waals surface area contributed by atoms with Crippen LogP contribution in [0.25, 0.3) is 0 Å². The number of alkyl halides is 2. The van der Waals surface area contributed by atoms with Crippen LogP contribution < -0.4 is 0 Å². The quantitative estimate of drug-likeness (QED) is 0.450. The van der Waals surface area contributed by atoms with Gasteiger partial charge in [-0.15, -0.1) is 23.2 Å². The first-order chi connectivity index (χ1) is 11.6. The fourth-order valence-corrected chi connectivity index (χ4v) is 2.72. The second-order valence-corrected chi connectivity index (χ2v) is 5.96. The van der Waals surface area contributed by atoms with Gasteiger partial charge >= 0.3 is 11.9 Å². The molecular formula is C18H24Cl2O4. The van der Waals surface area contributed by atoms with E-state index in [4.69, 9.17) is 32.7 Å². The third-order valence-electron chi connectivity index (χ3n) is 3.43. The molecule has 0 bridgehead atoms. The van der Waals surface area contributed by atoms with Crippen molar-refractivity contribution >= 4 is 35.1 Å². The molecule has 134 valence electrons. The molecule has 4 nitrogen and oxygen atoms in total. The third-order valence-corrected chi connectivity index (χ3v) is 3.97. The second-order valence-electron chi connectivity index (χ2n) is 5.20. The van der Waals surface area contributed by atoms with E-state index in [-0.39, 0.29) is 24.3 Å². The van der Waals surface area contributed by atoms with Gasteiger partial charge in [0.2, 0.25) is 0 Å². The van der Waals surface area contributed by atoms with E-state index in [2.05, 4.69) is 0 Å². The van der Waals surface area contributed by atoms with E-state index in [1.807, 2.05) is 6.07 Å². The number of aryl methyl sites for hydroxylation is 2. The normalized spacial score (nSPS) is 10.5. The molecule has 0 amide bonds. The third kappa shape index (κ3) is 5.99. The summed E-state index contributed by atoms with van der Waals surface area (Å²) in [6, 6.07) is 3.65. The number of carbonyl (C=O) groups excluding carboxylic acids is 2. The largest absolute Gasteiger partial charge is 0.462 e. The molecule has 0 unspecified atom stereocenters. The molecule has 0 aromatic heterocycles. The second kappa shape index (κ2) is 11.3. The van der Waals surface area contributed by atoms with Crippen LogP contribution in [0.4, 0.5) is 0 Å². The molecule has 0 radical (unpaired) electrons. The summed E-state index contributed by atoms with van der Waals surface area (Å²) in [6.45, 7) is 3.94. The van der Waals surface area contributed by atoms with E-state index in [1.54, 1.807) is 19.9 Å². The Hall–Kier alpha value is -1.26. The van der Waals surface area contributed by atoms with Gasteiger partial charge in [0.25, 0.3) is 0 Å². The molecule has 24 heavy (non-hydrogen) atoms. The number of hydrogen-bond acceptors (Lipinski definition) is 4. The Labute approximate surface area is 153 Å². The van der Waals surface area contributed by atoms with Crippen LogP contribution in [0.2, 0.25) is 0 Å². The minimum atomic E-state index is -0.514. The summed E-state index contributed by atoms with van der Waals surface area (Å²) in [6.07, 6.45) is 2.82. The highest BCUT2D eigenvalue weighted by molar-refractivity contribution is 6.18. The standard InChI is InChI=1S/C18H24Cl2O4/c1-3-23-17(21)15-12-13(7-5-9-19)11-14(8-6-10-20)16(15)18(22)24-4-2/h11-12H,3-10H2,1-2H3. The van der Waals surface area contributed by atoms with Crippen LogP contribution in [-0.4, -0.2) is 36.9 Å². The van der Waals surface area contributed by atoms with Crippen molar-refractivity contribution in [1.29, 1.82) is 0 Å². The zero-order valence-electron chi connectivity index (χ0n) is 14.2. The van der Waals surface area contributed by atoms with Crippen molar-refractivity contribution in [3.63, 3.8) is 0 Å². The molecule has 0 aliphatic heterocycles. The van der Waals surface area contributed by atoms with Crippen LogP contribution in [0.3, 0.4) is 0 Å². The highest BCUT2D eigenvalue weighted by atomic mass is 35.5. The maximum absolute atomic E-state index is 12.4. The molecule has 0 aliphatic carbocycles. The molecule has 1 rings (SSSR count). The summed E-state index contributed by atoms with van der Waals surface area (Å²) < 4.78 is 10.3. The predicted octanol–water partition coefficient (Wildman–Crippen LogP) is 4.38. The lowest BCUT2D eigenvalue weighted by Gasteiger charge is -2.15. The summed E-state index contributed by atoms with van der Waals surface area (Å²) in [4.78, 5) is 24.7. The van der Waals surface area contributed by atoms with Crippen molar-refractivity contribution in [2.75, 3.05) is 25.0 Å². The Bertz CT molecular complexity index is 558. The Balaban J connectivity index is 3.39. The number of carbonyl (C=O) groups is 2. The molecule has 0 saturated heterocycles. The fraction of sp³-hybridized carbons (Fsp3) is 0.556. The zero-order valence-corrected chi connectivity index (χ0v) is 15.7. The molecule has 0 atom stereocenters. The average molecular weight is 375 g/mol. The number of rotatable bonds is 10. The van der Waals surface area contributed by atoms with E-state index < -0.39 is 11.9 Å². The van der Waals surface area contributed by atoms with Gasteiger partial charge in [0.15, 0.2) is 0 Å². The SMILES string of the molecule is CCOC(=O)c1cc(CCCCl)cc(CCCCl)c1C(=O)OCC. The summed E-state index contributed by atoms with van der Waals surface area (Å²) >= 11 is 11.6. The van der Waals surface area contributed by atoms with Crippen molar-refractivity contribution in [2.45, 2.75) is 39.5 Å². The maximum Gasteiger partial charge on any atom is 0.339 e. The van der Waals surface area contributed by atoms with Gasteiger partial charge in [-0.25, -0.2) is 9.59 Å². The first-order valence-corrected chi connectivity index (χ1v) is 9.27. The Morgan fingerprint density at radius 3 is 2.08 bits per heavy atom. The smallest absolute Gasteiger partial charge is 0.339 e. The number of halogens is 2. The molecular weight excluding hydrogens is 351 g/mol. The lowest BCUT2D eigenvalue weighted by atomic mass is 9.93. The molecule has 6 heteroatoms. The summed E-state index contributed by atoms with van der Waals surface area (Å²) in [5.41, 5.74) is 2.27. The van der Waals surface area contributed by atoms with Gasteiger partial charge in [-0.1, -0.05) is 6.07 Å². The van der Waals surface area contributed by atoms with Gasteiger partial charge in [0, 0.05) is 11.8 Å². The summed E-state index contributed by atoms with van der Waals surface area (Å²) in [7, 11) is 0. The molecule has 0 fully saturated rings. The highest BCUT2D eigenvalue weighted by Crippen LogP contribution is 2.23. The van der Waals surface area contributed by atoms with Crippen molar-refractivity contribution in [1.82, 2.24) is 0 Å². The van der Waals surface area contributed by atoms with Gasteiger partial charge in [-0.3, -0.25) is 0 Å². The van der Waals surface area contributed by atoms with Crippen LogP contribution in [0.5, 0.6) is 0 Å². The van der Waals surface area contributed by atoms with E-state index in [9.17, 15) is 9.59 Å². The van der Waals surface area contributed by atoms with Gasteiger partial charge in [-0.05, 0) is 56.7 Å². The Kier molecular flexibility index (Phi) is 9.80. The van der Waals surface area contributed by atoms with Gasteiger partial charge in [-0.2, -0.15) is 0 Å². The number of benzene rings is 1. The van der Waals surface area contributed by atoms with Crippen molar-refractivity contribution in [3.05, 3.63) is 34.4 Å². The highest BCUT2D eigenvalue weighted by Gasteiger charge is 2.24. The van der Waals surface area contributed by atoms with Crippen LogP contribution in [-0.2, 0) is 22.3 Å². The first-order valence-electron chi connectivity index (χ1n) is 8.20. The summed E-state index contributed by atoms with van der Waals surface area (Å²) in [5, 5.41) is 0. The lowest BCUT2D eigenvalue weighted by Crippen LogP contribution is -2.17. The van der Waals surface area contributed by atoms with Gasteiger partial charge < -0.3 is 9.47 Å². The maximum atomic E-state index is 12.4. The van der Waals surface area contributed by atoms with Crippen LogP contribution in [0.1, 0.15) is 58.5 Å². The molecule has 0 aliphatic rings. The number of esters is 2. The van der Waals surface area contributed by atoms with Crippen molar-refractivity contribution < 1.29 is 19.1 Å². The molecule has 1 aromatic rings. The van der Waals surface area contributed by atoms with E-state index in [1.165, 1.54) is 0 Å². The number of hydrogen-bond donors (Lipinski definition) is 0. The Morgan fingerprint density at radius 2 is 1.50 bits per heavy atom. The minimum absolute atomic E-state index is 0.240. The minimum Gasteiger partial charge on any atom is -0.462 e. The molecule has 0 heterocycles. The fourth-order valence-electron chi connectivity index (χ4n) is 2.45. The summed E-state index contributed by atoms with van der Waals surface area (Å²) in [5.74, 6) is -0.0108. The molecule has 1 aromatic carbocycles. The van der Waals surface area contributed by atoms with Gasteiger partial charge in [0.1, 0.15) is 0 Å². The van der Waals surface area contributed by atoms with Crippen molar-refractivity contribution in [3.8, 4) is 0 Å². The number of ether oxygens (including phenoxy) is 2. The molecule has 0 spiro atoms. The van der Waals surface area contributed by atoms with Crippen LogP contribution >= 0.6 is 23.2 Å².